The molecule has 0 fully saturated rings. The number of aliphatic hydroxyl groups excluding tert-OH is 2. The third-order valence-corrected chi connectivity index (χ3v) is 7.92. The van der Waals surface area contributed by atoms with E-state index in [1.165, 1.54) is 18.2 Å². The Morgan fingerprint density at radius 1 is 0.795 bits per heavy atom. The molecule has 6 nitrogen and oxygen atoms in total. The molecule has 0 radical (unpaired) electrons. The molecular formula is C30H31Cl3O6. The lowest BCUT2D eigenvalue weighted by Crippen LogP contribution is -2.33. The van der Waals surface area contributed by atoms with Crippen molar-refractivity contribution in [3.05, 3.63) is 79.2 Å². The molecule has 208 valence electrons. The predicted molar refractivity (Wildman–Crippen MR) is 152 cm³/mol. The first-order valence-electron chi connectivity index (χ1n) is 12.6. The first-order valence-corrected chi connectivity index (χ1v) is 13.7. The van der Waals surface area contributed by atoms with Crippen LogP contribution in [0.2, 0.25) is 15.1 Å². The lowest BCUT2D eigenvalue weighted by Gasteiger charge is -2.36. The van der Waals surface area contributed by atoms with Gasteiger partial charge in [-0.05, 0) is 40.7 Å². The van der Waals surface area contributed by atoms with Crippen LogP contribution in [0.25, 0.3) is 0 Å². The quantitative estimate of drug-likeness (QED) is 0.311. The number of carbonyl (C=O) groups is 2. The SMILES string of the molecule is CC1(C)CC(=O)C(C(C2=C(O)CC(C)(C)CC2=O)c2ccc(O)c(COc3c(Cl)cc(Cl)cc3Cl)c2)=C(O)C1. The van der Waals surface area contributed by atoms with E-state index in [2.05, 4.69) is 0 Å². The minimum absolute atomic E-state index is 0.0882. The van der Waals surface area contributed by atoms with Crippen molar-refractivity contribution >= 4 is 46.4 Å². The number of benzene rings is 2. The average molecular weight is 594 g/mol. The van der Waals surface area contributed by atoms with Crippen molar-refractivity contribution in [1.82, 2.24) is 0 Å². The first-order chi connectivity index (χ1) is 18.1. The molecule has 0 spiro atoms. The Morgan fingerprint density at radius 3 is 1.74 bits per heavy atom. The topological polar surface area (TPSA) is 104 Å². The highest BCUT2D eigenvalue weighted by Gasteiger charge is 2.43. The number of aromatic hydroxyl groups is 1. The van der Waals surface area contributed by atoms with Crippen molar-refractivity contribution in [3.63, 3.8) is 0 Å². The van der Waals surface area contributed by atoms with Crippen LogP contribution in [0.15, 0.2) is 53.0 Å². The molecule has 0 unspecified atom stereocenters. The second-order valence-corrected chi connectivity index (χ2v) is 13.2. The van der Waals surface area contributed by atoms with E-state index in [0.717, 1.165) is 0 Å². The maximum Gasteiger partial charge on any atom is 0.163 e. The number of ketones is 2. The summed E-state index contributed by atoms with van der Waals surface area (Å²) in [5, 5.41) is 33.5. The van der Waals surface area contributed by atoms with Crippen LogP contribution in [-0.4, -0.2) is 26.9 Å². The molecule has 2 aliphatic carbocycles. The van der Waals surface area contributed by atoms with Gasteiger partial charge < -0.3 is 20.1 Å². The molecular weight excluding hydrogens is 563 g/mol. The predicted octanol–water partition coefficient (Wildman–Crippen LogP) is 8.42. The van der Waals surface area contributed by atoms with Gasteiger partial charge in [0.25, 0.3) is 0 Å². The minimum Gasteiger partial charge on any atom is -0.512 e. The molecule has 0 aliphatic heterocycles. The zero-order valence-electron chi connectivity index (χ0n) is 22.2. The summed E-state index contributed by atoms with van der Waals surface area (Å²) >= 11 is 18.5. The van der Waals surface area contributed by atoms with Crippen molar-refractivity contribution in [3.8, 4) is 11.5 Å². The summed E-state index contributed by atoms with van der Waals surface area (Å²) in [4.78, 5) is 26.9. The maximum atomic E-state index is 13.4. The minimum atomic E-state index is -1.01. The van der Waals surface area contributed by atoms with E-state index in [4.69, 9.17) is 39.5 Å². The van der Waals surface area contributed by atoms with Crippen LogP contribution in [0.1, 0.15) is 70.4 Å². The fourth-order valence-corrected chi connectivity index (χ4v) is 6.38. The third kappa shape index (κ3) is 6.24. The highest BCUT2D eigenvalue weighted by molar-refractivity contribution is 6.40. The average Bonchev–Trinajstić information content (AvgIpc) is 2.76. The molecule has 0 saturated carbocycles. The standard InChI is InChI=1S/C30H31Cl3O6/c1-29(2)10-21(35)26(22(36)11-29)25(27-23(37)12-30(3,4)13-24(27)38)15-5-6-20(34)16(7-15)14-39-28-18(32)8-17(31)9-19(28)33/h5-9,25,34-35,37H,10-14H2,1-4H3. The number of carbonyl (C=O) groups excluding carboxylic acids is 2. The molecule has 0 heterocycles. The number of aliphatic hydroxyl groups is 2. The second-order valence-electron chi connectivity index (χ2n) is 11.9. The number of ether oxygens (including phenoxy) is 1. The van der Waals surface area contributed by atoms with Gasteiger partial charge in [-0.15, -0.1) is 0 Å². The van der Waals surface area contributed by atoms with Gasteiger partial charge in [0.05, 0.1) is 10.0 Å². The number of hydrogen-bond donors (Lipinski definition) is 3. The summed E-state index contributed by atoms with van der Waals surface area (Å²) in [6.45, 7) is 7.41. The lowest BCUT2D eigenvalue weighted by atomic mass is 9.67. The number of halogens is 3. The highest BCUT2D eigenvalue weighted by atomic mass is 35.5. The molecule has 4 rings (SSSR count). The molecule has 3 N–H and O–H groups in total. The number of phenols is 1. The maximum absolute atomic E-state index is 13.4. The molecule has 0 aromatic heterocycles. The Labute approximate surface area is 242 Å². The van der Waals surface area contributed by atoms with E-state index in [0.29, 0.717) is 16.1 Å². The smallest absolute Gasteiger partial charge is 0.163 e. The Hall–Kier alpha value is -2.67. The van der Waals surface area contributed by atoms with Crippen LogP contribution < -0.4 is 4.74 Å². The van der Waals surface area contributed by atoms with Gasteiger partial charge in [0.2, 0.25) is 0 Å². The molecule has 0 amide bonds. The van der Waals surface area contributed by atoms with E-state index < -0.39 is 16.7 Å². The van der Waals surface area contributed by atoms with Crippen LogP contribution in [0.3, 0.4) is 0 Å². The van der Waals surface area contributed by atoms with Crippen molar-refractivity contribution in [2.24, 2.45) is 10.8 Å². The van der Waals surface area contributed by atoms with Crippen molar-refractivity contribution in [1.29, 1.82) is 0 Å². The summed E-state index contributed by atoms with van der Waals surface area (Å²) < 4.78 is 5.82. The molecule has 0 bridgehead atoms. The zero-order valence-corrected chi connectivity index (χ0v) is 24.5. The molecule has 2 aliphatic rings. The molecule has 2 aromatic rings. The van der Waals surface area contributed by atoms with Gasteiger partial charge >= 0.3 is 0 Å². The van der Waals surface area contributed by atoms with Gasteiger partial charge in [0, 0.05) is 53.3 Å². The molecule has 9 heteroatoms. The summed E-state index contributed by atoms with van der Waals surface area (Å²) in [5.74, 6) is -1.73. The number of phenolic OH excluding ortho intramolecular Hbond substituents is 1. The summed E-state index contributed by atoms with van der Waals surface area (Å²) in [5.41, 5.74) is 0.0521. The van der Waals surface area contributed by atoms with Crippen molar-refractivity contribution < 1.29 is 29.6 Å². The van der Waals surface area contributed by atoms with E-state index >= 15 is 0 Å². The van der Waals surface area contributed by atoms with Crippen LogP contribution in [0.5, 0.6) is 11.5 Å². The van der Waals surface area contributed by atoms with E-state index in [9.17, 15) is 24.9 Å². The molecule has 0 atom stereocenters. The zero-order chi connectivity index (χ0) is 28.9. The fraction of sp³-hybridized carbons (Fsp3) is 0.400. The Kier molecular flexibility index (Phi) is 8.06. The second kappa shape index (κ2) is 10.7. The Morgan fingerprint density at radius 2 is 1.28 bits per heavy atom. The summed E-state index contributed by atoms with van der Waals surface area (Å²) in [6, 6.07) is 7.56. The summed E-state index contributed by atoms with van der Waals surface area (Å²) in [7, 11) is 0. The van der Waals surface area contributed by atoms with Gasteiger partial charge in [-0.2, -0.15) is 0 Å². The van der Waals surface area contributed by atoms with Gasteiger partial charge in [-0.3, -0.25) is 9.59 Å². The van der Waals surface area contributed by atoms with Crippen LogP contribution in [0, 0.1) is 10.8 Å². The van der Waals surface area contributed by atoms with E-state index in [-0.39, 0.29) is 88.1 Å². The molecule has 2 aromatic carbocycles. The Bertz CT molecular complexity index is 1340. The van der Waals surface area contributed by atoms with E-state index in [1.54, 1.807) is 12.1 Å². The van der Waals surface area contributed by atoms with Crippen molar-refractivity contribution in [2.75, 3.05) is 0 Å². The first kappa shape index (κ1) is 29.3. The van der Waals surface area contributed by atoms with Gasteiger partial charge in [-0.25, -0.2) is 0 Å². The van der Waals surface area contributed by atoms with Crippen LogP contribution >= 0.6 is 34.8 Å². The molecule has 39 heavy (non-hydrogen) atoms. The Balaban J connectivity index is 1.82. The van der Waals surface area contributed by atoms with E-state index in [1.807, 2.05) is 27.7 Å². The van der Waals surface area contributed by atoms with Gasteiger partial charge in [-0.1, -0.05) is 68.6 Å². The normalized spacial score (nSPS) is 19.2. The largest absolute Gasteiger partial charge is 0.512 e. The number of rotatable bonds is 6. The highest BCUT2D eigenvalue weighted by Crippen LogP contribution is 2.48. The fourth-order valence-electron chi connectivity index (χ4n) is 5.45. The summed E-state index contributed by atoms with van der Waals surface area (Å²) in [6.07, 6.45) is 0.857. The third-order valence-electron chi connectivity index (χ3n) is 7.14. The lowest BCUT2D eigenvalue weighted by molar-refractivity contribution is -0.119. The molecule has 0 saturated heterocycles. The number of Topliss-reactive ketones (excluding diaryl/α,β-unsaturated/α-hetero) is 2. The van der Waals surface area contributed by atoms with Gasteiger partial charge in [0.1, 0.15) is 23.9 Å². The van der Waals surface area contributed by atoms with Crippen molar-refractivity contribution in [2.45, 2.75) is 65.9 Å². The number of allylic oxidation sites excluding steroid dienone is 4. The van der Waals surface area contributed by atoms with Crippen LogP contribution in [0.4, 0.5) is 0 Å². The number of hydrogen-bond acceptors (Lipinski definition) is 6. The monoisotopic (exact) mass is 592 g/mol. The van der Waals surface area contributed by atoms with Crippen LogP contribution in [-0.2, 0) is 16.2 Å². The van der Waals surface area contributed by atoms with Gasteiger partial charge in [0.15, 0.2) is 17.3 Å².